The van der Waals surface area contributed by atoms with E-state index in [0.29, 0.717) is 35.2 Å². The van der Waals surface area contributed by atoms with Crippen molar-refractivity contribution in [3.63, 3.8) is 0 Å². The van der Waals surface area contributed by atoms with Gasteiger partial charge in [-0.25, -0.2) is 4.79 Å². The standard InChI is InChI=1S/C22H23Cl2NO3S/c1-22(2,3)9-8-15-11-18(19(29-15)21(27)28)25(12-13-4-5-13)20(26)16-7-6-14(23)10-17(16)24/h6-7,10,13,15H,4-5,11-12H2,1-3H3,(H,27,28). The number of halogens is 2. The first-order valence-electron chi connectivity index (χ1n) is 9.48. The third-order valence-electron chi connectivity index (χ3n) is 4.57. The zero-order valence-corrected chi connectivity index (χ0v) is 18.9. The van der Waals surface area contributed by atoms with Crippen LogP contribution in [0.25, 0.3) is 0 Å². The Morgan fingerprint density at radius 1 is 1.28 bits per heavy atom. The molecule has 154 valence electrons. The Balaban J connectivity index is 1.95. The van der Waals surface area contributed by atoms with Crippen LogP contribution in [0.5, 0.6) is 0 Å². The summed E-state index contributed by atoms with van der Waals surface area (Å²) < 4.78 is 0. The molecule has 1 aliphatic carbocycles. The summed E-state index contributed by atoms with van der Waals surface area (Å²) in [5.74, 6) is 5.43. The topological polar surface area (TPSA) is 57.6 Å². The number of allylic oxidation sites excluding steroid dienone is 1. The molecule has 1 saturated carbocycles. The highest BCUT2D eigenvalue weighted by Gasteiger charge is 2.37. The summed E-state index contributed by atoms with van der Waals surface area (Å²) in [4.78, 5) is 27.1. The van der Waals surface area contributed by atoms with E-state index in [1.807, 2.05) is 20.8 Å². The Morgan fingerprint density at radius 3 is 2.52 bits per heavy atom. The van der Waals surface area contributed by atoms with Crippen molar-refractivity contribution in [2.24, 2.45) is 11.3 Å². The van der Waals surface area contributed by atoms with E-state index < -0.39 is 5.97 Å². The van der Waals surface area contributed by atoms with Gasteiger partial charge in [-0.05, 0) is 57.7 Å². The van der Waals surface area contributed by atoms with Gasteiger partial charge in [-0.15, -0.1) is 0 Å². The number of hydrogen-bond acceptors (Lipinski definition) is 3. The summed E-state index contributed by atoms with van der Waals surface area (Å²) in [6.07, 6.45) is 2.49. The maximum absolute atomic E-state index is 13.3. The summed E-state index contributed by atoms with van der Waals surface area (Å²) in [7, 11) is 0. The Bertz CT molecular complexity index is 936. The minimum absolute atomic E-state index is 0.174. The van der Waals surface area contributed by atoms with Gasteiger partial charge >= 0.3 is 5.97 Å². The van der Waals surface area contributed by atoms with Crippen LogP contribution in [0.3, 0.4) is 0 Å². The minimum atomic E-state index is -1.03. The molecule has 1 aromatic rings. The number of benzene rings is 1. The smallest absolute Gasteiger partial charge is 0.344 e. The number of carboxylic acid groups (broad SMARTS) is 1. The van der Waals surface area contributed by atoms with E-state index in [1.54, 1.807) is 17.0 Å². The fraction of sp³-hybridized carbons (Fsp3) is 0.455. The minimum Gasteiger partial charge on any atom is -0.477 e. The van der Waals surface area contributed by atoms with Crippen LogP contribution < -0.4 is 0 Å². The molecule has 4 nitrogen and oxygen atoms in total. The van der Waals surface area contributed by atoms with Gasteiger partial charge in [-0.3, -0.25) is 4.79 Å². The Morgan fingerprint density at radius 2 is 1.97 bits per heavy atom. The van der Waals surface area contributed by atoms with E-state index in [0.717, 1.165) is 12.8 Å². The summed E-state index contributed by atoms with van der Waals surface area (Å²) in [5, 5.41) is 10.3. The normalized spacial score (nSPS) is 19.0. The number of carbonyl (C=O) groups is 2. The molecule has 1 heterocycles. The van der Waals surface area contributed by atoms with Gasteiger partial charge in [0.15, 0.2) is 0 Å². The molecule has 0 bridgehead atoms. The molecule has 7 heteroatoms. The maximum atomic E-state index is 13.3. The van der Waals surface area contributed by atoms with Gasteiger partial charge < -0.3 is 10.0 Å². The van der Waals surface area contributed by atoms with Crippen molar-refractivity contribution in [2.75, 3.05) is 6.54 Å². The largest absolute Gasteiger partial charge is 0.477 e. The number of carbonyl (C=O) groups excluding carboxylic acids is 1. The highest BCUT2D eigenvalue weighted by atomic mass is 35.5. The van der Waals surface area contributed by atoms with E-state index in [9.17, 15) is 14.7 Å². The zero-order chi connectivity index (χ0) is 21.3. The number of thioether (sulfide) groups is 1. The van der Waals surface area contributed by atoms with Gasteiger partial charge in [0.05, 0.1) is 15.8 Å². The third-order valence-corrected chi connectivity index (χ3v) is 6.34. The van der Waals surface area contributed by atoms with Crippen molar-refractivity contribution in [1.82, 2.24) is 4.90 Å². The average molecular weight is 452 g/mol. The molecule has 0 saturated heterocycles. The van der Waals surface area contributed by atoms with Crippen molar-refractivity contribution in [3.8, 4) is 11.8 Å². The molecule has 3 rings (SSSR count). The van der Waals surface area contributed by atoms with Crippen LogP contribution in [-0.2, 0) is 4.79 Å². The number of rotatable bonds is 5. The molecule has 1 amide bonds. The second kappa shape index (κ2) is 8.63. The summed E-state index contributed by atoms with van der Waals surface area (Å²) in [6.45, 7) is 6.52. The predicted molar refractivity (Wildman–Crippen MR) is 118 cm³/mol. The van der Waals surface area contributed by atoms with Crippen molar-refractivity contribution < 1.29 is 14.7 Å². The molecule has 1 unspecified atom stereocenters. The van der Waals surface area contributed by atoms with E-state index in [1.165, 1.54) is 17.8 Å². The van der Waals surface area contributed by atoms with Gasteiger partial charge in [0.1, 0.15) is 4.91 Å². The molecule has 29 heavy (non-hydrogen) atoms. The molecular formula is C22H23Cl2NO3S. The van der Waals surface area contributed by atoms with Crippen molar-refractivity contribution in [2.45, 2.75) is 45.3 Å². The van der Waals surface area contributed by atoms with Crippen LogP contribution in [0.1, 0.15) is 50.4 Å². The lowest BCUT2D eigenvalue weighted by atomic mass is 9.97. The summed E-state index contributed by atoms with van der Waals surface area (Å²) in [5.41, 5.74) is 0.675. The first kappa shape index (κ1) is 22.1. The van der Waals surface area contributed by atoms with Gasteiger partial charge in [0, 0.05) is 29.1 Å². The van der Waals surface area contributed by atoms with Crippen LogP contribution in [0.4, 0.5) is 0 Å². The number of carboxylic acids is 1. The number of amides is 1. The molecular weight excluding hydrogens is 429 g/mol. The van der Waals surface area contributed by atoms with Gasteiger partial charge in [0.25, 0.3) is 5.91 Å². The molecule has 2 aliphatic rings. The fourth-order valence-electron chi connectivity index (χ4n) is 2.99. The first-order valence-corrected chi connectivity index (χ1v) is 11.1. The fourth-order valence-corrected chi connectivity index (χ4v) is 4.55. The van der Waals surface area contributed by atoms with Gasteiger partial charge in [-0.1, -0.05) is 46.8 Å². The lowest BCUT2D eigenvalue weighted by Gasteiger charge is -2.25. The molecule has 1 aliphatic heterocycles. The Hall–Kier alpha value is -1.61. The van der Waals surface area contributed by atoms with E-state index in [4.69, 9.17) is 23.2 Å². The Kier molecular flexibility index (Phi) is 6.57. The van der Waals surface area contributed by atoms with Crippen molar-refractivity contribution >= 4 is 46.8 Å². The monoisotopic (exact) mass is 451 g/mol. The van der Waals surface area contributed by atoms with E-state index >= 15 is 0 Å². The van der Waals surface area contributed by atoms with Crippen LogP contribution in [0.2, 0.25) is 10.0 Å². The first-order chi connectivity index (χ1) is 13.5. The molecule has 1 atom stereocenters. The van der Waals surface area contributed by atoms with Crippen LogP contribution in [-0.4, -0.2) is 33.7 Å². The number of aliphatic carboxylic acids is 1. The van der Waals surface area contributed by atoms with Crippen molar-refractivity contribution in [1.29, 1.82) is 0 Å². The Labute approximate surface area is 185 Å². The molecule has 1 N–H and O–H groups in total. The lowest BCUT2D eigenvalue weighted by Crippen LogP contribution is -2.33. The second-order valence-corrected chi connectivity index (χ2v) is 10.5. The quantitative estimate of drug-likeness (QED) is 0.583. The lowest BCUT2D eigenvalue weighted by molar-refractivity contribution is -0.131. The van der Waals surface area contributed by atoms with E-state index in [-0.39, 0.29) is 26.5 Å². The van der Waals surface area contributed by atoms with Crippen LogP contribution in [0, 0.1) is 23.2 Å². The molecule has 0 aromatic heterocycles. The predicted octanol–water partition coefficient (Wildman–Crippen LogP) is 5.70. The molecule has 1 aromatic carbocycles. The maximum Gasteiger partial charge on any atom is 0.344 e. The number of hydrogen-bond donors (Lipinski definition) is 1. The zero-order valence-electron chi connectivity index (χ0n) is 16.6. The highest BCUT2D eigenvalue weighted by molar-refractivity contribution is 8.05. The number of nitrogens with zero attached hydrogens (tertiary/aromatic N) is 1. The second-order valence-electron chi connectivity index (χ2n) is 8.39. The molecule has 0 radical (unpaired) electrons. The SMILES string of the molecule is CC(C)(C)C#CC1CC(N(CC2CC2)C(=O)c2ccc(Cl)cc2Cl)=C(C(=O)O)S1. The van der Waals surface area contributed by atoms with E-state index in [2.05, 4.69) is 11.8 Å². The summed E-state index contributed by atoms with van der Waals surface area (Å²) >= 11 is 13.4. The summed E-state index contributed by atoms with van der Waals surface area (Å²) in [6, 6.07) is 4.73. The molecule has 0 spiro atoms. The van der Waals surface area contributed by atoms with Crippen LogP contribution in [0.15, 0.2) is 28.8 Å². The highest BCUT2D eigenvalue weighted by Crippen LogP contribution is 2.42. The van der Waals surface area contributed by atoms with Crippen molar-refractivity contribution in [3.05, 3.63) is 44.4 Å². The average Bonchev–Trinajstić information content (AvgIpc) is 3.33. The van der Waals surface area contributed by atoms with Gasteiger partial charge in [0.2, 0.25) is 0 Å². The van der Waals surface area contributed by atoms with Crippen LogP contribution >= 0.6 is 35.0 Å². The molecule has 1 fully saturated rings. The third kappa shape index (κ3) is 5.72. The van der Waals surface area contributed by atoms with Gasteiger partial charge in [-0.2, -0.15) is 0 Å².